The summed E-state index contributed by atoms with van der Waals surface area (Å²) in [4.78, 5) is 12.8. The molecule has 1 heterocycles. The molecule has 0 aliphatic carbocycles. The van der Waals surface area contributed by atoms with Gasteiger partial charge in [0.15, 0.2) is 11.3 Å². The van der Waals surface area contributed by atoms with Crippen LogP contribution in [0.2, 0.25) is 0 Å². The molecule has 1 amide bonds. The minimum atomic E-state index is -1.28. The predicted octanol–water partition coefficient (Wildman–Crippen LogP) is 2.17. The molecular weight excluding hydrogens is 230 g/mol. The van der Waals surface area contributed by atoms with Gasteiger partial charge in [0.25, 0.3) is 0 Å². The number of carbonyl (C=O) groups is 1. The highest BCUT2D eigenvalue weighted by atomic mass is 16.6. The van der Waals surface area contributed by atoms with E-state index in [1.807, 2.05) is 30.3 Å². The number of likely N-dealkylation sites (N-methyl/N-ethyl adjacent to an activating group) is 1. The molecule has 4 nitrogen and oxygen atoms in total. The zero-order valence-corrected chi connectivity index (χ0v) is 11.0. The molecule has 0 saturated carbocycles. The Balaban J connectivity index is 2.11. The molecular formula is C14H19NO3. The van der Waals surface area contributed by atoms with E-state index in [-0.39, 0.29) is 0 Å². The van der Waals surface area contributed by atoms with Crippen LogP contribution in [0.5, 0.6) is 0 Å². The maximum absolute atomic E-state index is 11.6. The van der Waals surface area contributed by atoms with Crippen LogP contribution in [0, 0.1) is 0 Å². The molecule has 1 saturated heterocycles. The average Bonchev–Trinajstić information content (AvgIpc) is 2.50. The maximum Gasteiger partial charge on any atom is 0.412 e. The van der Waals surface area contributed by atoms with Crippen molar-refractivity contribution in [2.75, 3.05) is 7.05 Å². The first-order valence-electron chi connectivity index (χ1n) is 6.10. The van der Waals surface area contributed by atoms with Crippen molar-refractivity contribution in [1.82, 2.24) is 4.90 Å². The van der Waals surface area contributed by atoms with E-state index in [0.717, 1.165) is 6.42 Å². The SMILES string of the molecule is CN1C(=O)O[C@@](C)(CCc2ccccc2)[C@@]1(C)O. The summed E-state index contributed by atoms with van der Waals surface area (Å²) in [7, 11) is 1.55. The minimum absolute atomic E-state index is 0.476. The lowest BCUT2D eigenvalue weighted by atomic mass is 9.87. The lowest BCUT2D eigenvalue weighted by Crippen LogP contribution is -2.53. The van der Waals surface area contributed by atoms with E-state index in [1.54, 1.807) is 20.9 Å². The van der Waals surface area contributed by atoms with Gasteiger partial charge in [-0.25, -0.2) is 4.79 Å². The first-order chi connectivity index (χ1) is 8.37. The first-order valence-corrected chi connectivity index (χ1v) is 6.10. The van der Waals surface area contributed by atoms with E-state index in [4.69, 9.17) is 4.74 Å². The van der Waals surface area contributed by atoms with Gasteiger partial charge < -0.3 is 9.84 Å². The Hall–Kier alpha value is -1.55. The van der Waals surface area contributed by atoms with Crippen LogP contribution < -0.4 is 0 Å². The maximum atomic E-state index is 11.6. The Morgan fingerprint density at radius 3 is 2.39 bits per heavy atom. The summed E-state index contributed by atoms with van der Waals surface area (Å²) in [5.74, 6) is 0. The van der Waals surface area contributed by atoms with Gasteiger partial charge >= 0.3 is 6.09 Å². The minimum Gasteiger partial charge on any atom is -0.438 e. The standard InChI is InChI=1S/C14H19NO3/c1-13(10-9-11-7-5-4-6-8-11)14(2,17)15(3)12(16)18-13/h4-8,17H,9-10H2,1-3H3/t13-,14+/m0/s1. The van der Waals surface area contributed by atoms with Crippen LogP contribution in [-0.4, -0.2) is 34.5 Å². The number of rotatable bonds is 3. The Morgan fingerprint density at radius 2 is 1.89 bits per heavy atom. The summed E-state index contributed by atoms with van der Waals surface area (Å²) in [5, 5.41) is 10.4. The third-order valence-electron chi connectivity index (χ3n) is 3.97. The summed E-state index contributed by atoms with van der Waals surface area (Å²) >= 11 is 0. The predicted molar refractivity (Wildman–Crippen MR) is 68.0 cm³/mol. The number of ether oxygens (including phenoxy) is 1. The molecule has 1 aromatic rings. The second kappa shape index (κ2) is 4.28. The summed E-state index contributed by atoms with van der Waals surface area (Å²) in [6.45, 7) is 3.39. The van der Waals surface area contributed by atoms with Crippen molar-refractivity contribution in [3.8, 4) is 0 Å². The smallest absolute Gasteiger partial charge is 0.412 e. The number of nitrogens with zero attached hydrogens (tertiary/aromatic N) is 1. The molecule has 2 rings (SSSR count). The molecule has 1 aliphatic heterocycles. The molecule has 2 atom stereocenters. The van der Waals surface area contributed by atoms with E-state index in [0.29, 0.717) is 6.42 Å². The third kappa shape index (κ3) is 1.97. The highest BCUT2D eigenvalue weighted by Gasteiger charge is 2.57. The van der Waals surface area contributed by atoms with Crippen LogP contribution in [0.3, 0.4) is 0 Å². The molecule has 18 heavy (non-hydrogen) atoms. The van der Waals surface area contributed by atoms with Crippen LogP contribution in [0.4, 0.5) is 4.79 Å². The number of amides is 1. The van der Waals surface area contributed by atoms with Crippen molar-refractivity contribution in [2.24, 2.45) is 0 Å². The zero-order chi connectivity index (χ0) is 13.4. The van der Waals surface area contributed by atoms with Crippen LogP contribution in [0.1, 0.15) is 25.8 Å². The fraction of sp³-hybridized carbons (Fsp3) is 0.500. The topological polar surface area (TPSA) is 49.8 Å². The van der Waals surface area contributed by atoms with Gasteiger partial charge in [-0.1, -0.05) is 30.3 Å². The number of hydrogen-bond acceptors (Lipinski definition) is 3. The Morgan fingerprint density at radius 1 is 1.28 bits per heavy atom. The van der Waals surface area contributed by atoms with E-state index in [1.165, 1.54) is 10.5 Å². The molecule has 98 valence electrons. The fourth-order valence-electron chi connectivity index (χ4n) is 2.21. The van der Waals surface area contributed by atoms with E-state index < -0.39 is 17.4 Å². The lowest BCUT2D eigenvalue weighted by Gasteiger charge is -2.36. The van der Waals surface area contributed by atoms with Crippen molar-refractivity contribution < 1.29 is 14.6 Å². The van der Waals surface area contributed by atoms with Gasteiger partial charge in [0.05, 0.1) is 0 Å². The molecule has 4 heteroatoms. The molecule has 1 aromatic carbocycles. The van der Waals surface area contributed by atoms with Crippen LogP contribution in [-0.2, 0) is 11.2 Å². The second-order valence-electron chi connectivity index (χ2n) is 5.16. The fourth-order valence-corrected chi connectivity index (χ4v) is 2.21. The molecule has 0 aromatic heterocycles. The Bertz CT molecular complexity index is 444. The largest absolute Gasteiger partial charge is 0.438 e. The highest BCUT2D eigenvalue weighted by molar-refractivity contribution is 5.71. The Kier molecular flexibility index (Phi) is 3.07. The third-order valence-corrected chi connectivity index (χ3v) is 3.97. The van der Waals surface area contributed by atoms with E-state index >= 15 is 0 Å². The first kappa shape index (κ1) is 12.9. The normalized spacial score (nSPS) is 31.6. The second-order valence-corrected chi connectivity index (χ2v) is 5.16. The number of cyclic esters (lactones) is 1. The van der Waals surface area contributed by atoms with Gasteiger partial charge in [-0.15, -0.1) is 0 Å². The highest BCUT2D eigenvalue weighted by Crippen LogP contribution is 2.39. The van der Waals surface area contributed by atoms with Gasteiger partial charge in [-0.2, -0.15) is 0 Å². The average molecular weight is 249 g/mol. The van der Waals surface area contributed by atoms with Gasteiger partial charge in [0.1, 0.15) is 0 Å². The number of carbonyl (C=O) groups excluding carboxylic acids is 1. The number of aliphatic hydroxyl groups is 1. The number of aryl methyl sites for hydroxylation is 1. The lowest BCUT2D eigenvalue weighted by molar-refractivity contribution is -0.133. The van der Waals surface area contributed by atoms with Crippen molar-refractivity contribution in [3.05, 3.63) is 35.9 Å². The monoisotopic (exact) mass is 249 g/mol. The molecule has 0 bridgehead atoms. The number of benzene rings is 1. The molecule has 0 radical (unpaired) electrons. The van der Waals surface area contributed by atoms with Gasteiger partial charge in [-0.05, 0) is 32.3 Å². The van der Waals surface area contributed by atoms with Gasteiger partial charge in [-0.3, -0.25) is 4.90 Å². The number of hydrogen-bond donors (Lipinski definition) is 1. The van der Waals surface area contributed by atoms with Gasteiger partial charge in [0.2, 0.25) is 0 Å². The van der Waals surface area contributed by atoms with Crippen LogP contribution >= 0.6 is 0 Å². The summed E-state index contributed by atoms with van der Waals surface area (Å²) < 4.78 is 5.34. The molecule has 0 unspecified atom stereocenters. The summed E-state index contributed by atoms with van der Waals surface area (Å²) in [5.41, 5.74) is -0.992. The van der Waals surface area contributed by atoms with Crippen molar-refractivity contribution in [1.29, 1.82) is 0 Å². The van der Waals surface area contributed by atoms with Crippen LogP contribution in [0.25, 0.3) is 0 Å². The Labute approximate surface area is 107 Å². The summed E-state index contributed by atoms with van der Waals surface area (Å²) in [6, 6.07) is 9.97. The molecule has 0 spiro atoms. The van der Waals surface area contributed by atoms with E-state index in [9.17, 15) is 9.90 Å². The van der Waals surface area contributed by atoms with Crippen molar-refractivity contribution in [3.63, 3.8) is 0 Å². The van der Waals surface area contributed by atoms with Crippen LogP contribution in [0.15, 0.2) is 30.3 Å². The van der Waals surface area contributed by atoms with Gasteiger partial charge in [0, 0.05) is 7.05 Å². The zero-order valence-electron chi connectivity index (χ0n) is 11.0. The molecule has 1 aliphatic rings. The van der Waals surface area contributed by atoms with Crippen molar-refractivity contribution in [2.45, 2.75) is 38.0 Å². The van der Waals surface area contributed by atoms with E-state index in [2.05, 4.69) is 0 Å². The van der Waals surface area contributed by atoms with Crippen molar-refractivity contribution >= 4 is 6.09 Å². The quantitative estimate of drug-likeness (QED) is 0.893. The summed E-state index contributed by atoms with van der Waals surface area (Å²) in [6.07, 6.45) is 0.866. The molecule has 1 fully saturated rings. The molecule has 1 N–H and O–H groups in total.